The quantitative estimate of drug-likeness (QED) is 0.370. The Labute approximate surface area is 227 Å². The number of thiophene rings is 1. The van der Waals surface area contributed by atoms with Crippen LogP contribution >= 0.6 is 34.5 Å². The lowest BCUT2D eigenvalue weighted by Gasteiger charge is -2.27. The first-order chi connectivity index (χ1) is 17.7. The summed E-state index contributed by atoms with van der Waals surface area (Å²) in [4.78, 5) is 17.9. The summed E-state index contributed by atoms with van der Waals surface area (Å²) in [5.41, 5.74) is 1.39. The van der Waals surface area contributed by atoms with Gasteiger partial charge in [-0.15, -0.1) is 11.3 Å². The Kier molecular flexibility index (Phi) is 8.27. The van der Waals surface area contributed by atoms with Gasteiger partial charge in [0.25, 0.3) is 0 Å². The highest BCUT2D eigenvalue weighted by molar-refractivity contribution is 7.16. The van der Waals surface area contributed by atoms with Crippen LogP contribution in [0.15, 0.2) is 24.7 Å². The maximum absolute atomic E-state index is 11.3. The van der Waals surface area contributed by atoms with Gasteiger partial charge in [-0.05, 0) is 38.0 Å². The third-order valence-electron chi connectivity index (χ3n) is 5.81. The number of halogens is 5. The zero-order valence-electron chi connectivity index (χ0n) is 19.7. The van der Waals surface area contributed by atoms with Crippen molar-refractivity contribution < 1.29 is 47.5 Å². The third kappa shape index (κ3) is 5.77. The van der Waals surface area contributed by atoms with Gasteiger partial charge in [0.05, 0.1) is 9.72 Å². The highest BCUT2D eigenvalue weighted by atomic mass is 35.5. The zero-order valence-corrected chi connectivity index (χ0v) is 22.1. The molecule has 208 valence electrons. The molecular weight excluding hydrogens is 578 g/mol. The Hall–Kier alpha value is -2.04. The second-order valence-electron chi connectivity index (χ2n) is 8.84. The molecule has 0 aliphatic carbocycles. The number of carboxylic acids is 1. The van der Waals surface area contributed by atoms with Crippen molar-refractivity contribution >= 4 is 51.5 Å². The van der Waals surface area contributed by atoms with Crippen LogP contribution in [0.25, 0.3) is 11.0 Å². The summed E-state index contributed by atoms with van der Waals surface area (Å²) in [6.07, 6.45) is -4.79. The van der Waals surface area contributed by atoms with Gasteiger partial charge in [-0.3, -0.25) is 0 Å². The number of fused-ring (bicyclic) bond motifs is 2. The number of aliphatic hydroxyl groups excluding tert-OH is 2. The number of hydrogen-bond donors (Lipinski definition) is 3. The van der Waals surface area contributed by atoms with Gasteiger partial charge >= 0.3 is 12.1 Å². The monoisotopic (exact) mass is 599 g/mol. The average Bonchev–Trinajstić information content (AvgIpc) is 3.55. The molecule has 5 atom stereocenters. The van der Waals surface area contributed by atoms with E-state index in [0.29, 0.717) is 31.8 Å². The van der Waals surface area contributed by atoms with Crippen LogP contribution in [0.1, 0.15) is 36.6 Å². The van der Waals surface area contributed by atoms with Gasteiger partial charge in [0.2, 0.25) is 0 Å². The number of aliphatic hydroxyl groups is 2. The lowest BCUT2D eigenvalue weighted by atomic mass is 10.0. The Bertz CT molecular complexity index is 1320. The van der Waals surface area contributed by atoms with Crippen molar-refractivity contribution in [2.45, 2.75) is 62.9 Å². The van der Waals surface area contributed by atoms with Crippen LogP contribution in [0.5, 0.6) is 0 Å². The largest absolute Gasteiger partial charge is 0.490 e. The van der Waals surface area contributed by atoms with Gasteiger partial charge in [0, 0.05) is 17.7 Å². The average molecular weight is 600 g/mol. The first-order valence-corrected chi connectivity index (χ1v) is 12.7. The number of ether oxygens (including phenoxy) is 3. The minimum absolute atomic E-state index is 0.0462. The molecule has 5 heterocycles. The SMILES string of the molecule is CC1(C)O[C@H]2[C@@H](O1)[C@H](n1ccc3c(Cl)ncnc31)O[C@@H]2[C@@H](O)c1sc(Cl)cc1CCO.O=C(O)C(F)(F)F. The van der Waals surface area contributed by atoms with Crippen LogP contribution in [0.2, 0.25) is 9.49 Å². The fourth-order valence-corrected chi connectivity index (χ4v) is 5.88. The van der Waals surface area contributed by atoms with Crippen molar-refractivity contribution in [3.63, 3.8) is 0 Å². The number of alkyl halides is 3. The van der Waals surface area contributed by atoms with E-state index in [1.165, 1.54) is 17.7 Å². The summed E-state index contributed by atoms with van der Waals surface area (Å²) in [6.45, 7) is 3.62. The molecule has 3 aromatic heterocycles. The van der Waals surface area contributed by atoms with Gasteiger partial charge < -0.3 is 34.1 Å². The molecule has 0 bridgehead atoms. The van der Waals surface area contributed by atoms with Crippen molar-refractivity contribution in [3.8, 4) is 0 Å². The summed E-state index contributed by atoms with van der Waals surface area (Å²) in [5, 5.41) is 28.8. The molecule has 0 radical (unpaired) electrons. The summed E-state index contributed by atoms with van der Waals surface area (Å²) in [7, 11) is 0. The number of hydrogen-bond acceptors (Lipinski definition) is 9. The smallest absolute Gasteiger partial charge is 0.475 e. The normalized spacial score (nSPS) is 25.2. The second kappa shape index (κ2) is 10.8. The third-order valence-corrected chi connectivity index (χ3v) is 7.49. The molecule has 2 fully saturated rings. The maximum atomic E-state index is 11.3. The van der Waals surface area contributed by atoms with Gasteiger partial charge in [-0.2, -0.15) is 13.2 Å². The molecule has 2 aliphatic heterocycles. The van der Waals surface area contributed by atoms with Crippen molar-refractivity contribution in [1.82, 2.24) is 14.5 Å². The Balaban J connectivity index is 0.000000426. The Morgan fingerprint density at radius 3 is 2.55 bits per heavy atom. The highest BCUT2D eigenvalue weighted by Crippen LogP contribution is 2.48. The highest BCUT2D eigenvalue weighted by Gasteiger charge is 2.58. The fraction of sp³-hybridized carbons (Fsp3) is 0.500. The predicted molar refractivity (Wildman–Crippen MR) is 129 cm³/mol. The van der Waals surface area contributed by atoms with Crippen LogP contribution in [0.3, 0.4) is 0 Å². The molecule has 3 N–H and O–H groups in total. The first-order valence-electron chi connectivity index (χ1n) is 11.1. The second-order valence-corrected chi connectivity index (χ2v) is 10.9. The number of aromatic nitrogens is 3. The van der Waals surface area contributed by atoms with Crippen molar-refractivity contribution in [1.29, 1.82) is 0 Å². The molecule has 38 heavy (non-hydrogen) atoms. The fourth-order valence-electron chi connectivity index (χ4n) is 4.35. The number of nitrogens with zero attached hydrogens (tertiary/aromatic N) is 3. The van der Waals surface area contributed by atoms with Crippen LogP contribution in [-0.4, -0.2) is 72.7 Å². The molecule has 0 amide bonds. The maximum Gasteiger partial charge on any atom is 0.490 e. The van der Waals surface area contributed by atoms with Gasteiger partial charge in [-0.25, -0.2) is 14.8 Å². The summed E-state index contributed by atoms with van der Waals surface area (Å²) in [5.74, 6) is -3.60. The molecule has 3 aromatic rings. The lowest BCUT2D eigenvalue weighted by molar-refractivity contribution is -0.207. The Morgan fingerprint density at radius 1 is 1.26 bits per heavy atom. The lowest BCUT2D eigenvalue weighted by Crippen LogP contribution is -2.34. The molecule has 0 spiro atoms. The molecule has 0 unspecified atom stereocenters. The molecule has 0 saturated carbocycles. The molecule has 5 rings (SSSR count). The molecule has 2 aliphatic rings. The number of aliphatic carboxylic acids is 1. The summed E-state index contributed by atoms with van der Waals surface area (Å²) in [6, 6.07) is 3.58. The topological polar surface area (TPSA) is 136 Å². The molecule has 0 aromatic carbocycles. The summed E-state index contributed by atoms with van der Waals surface area (Å²) >= 11 is 13.7. The molecule has 10 nitrogen and oxygen atoms in total. The minimum Gasteiger partial charge on any atom is -0.475 e. The van der Waals surface area contributed by atoms with E-state index in [9.17, 15) is 23.4 Å². The zero-order chi connectivity index (χ0) is 28.0. The van der Waals surface area contributed by atoms with E-state index in [2.05, 4.69) is 9.97 Å². The van der Waals surface area contributed by atoms with E-state index < -0.39 is 48.6 Å². The van der Waals surface area contributed by atoms with E-state index in [-0.39, 0.29) is 6.61 Å². The van der Waals surface area contributed by atoms with Crippen LogP contribution < -0.4 is 0 Å². The first kappa shape index (κ1) is 29.0. The van der Waals surface area contributed by atoms with E-state index in [4.69, 9.17) is 47.3 Å². The van der Waals surface area contributed by atoms with Crippen LogP contribution in [-0.2, 0) is 25.4 Å². The minimum atomic E-state index is -5.08. The Morgan fingerprint density at radius 2 is 1.92 bits per heavy atom. The molecular formula is C22H22Cl2F3N3O7S. The van der Waals surface area contributed by atoms with Gasteiger partial charge in [0.15, 0.2) is 12.0 Å². The summed E-state index contributed by atoms with van der Waals surface area (Å²) < 4.78 is 52.7. The van der Waals surface area contributed by atoms with E-state index in [1.54, 1.807) is 6.07 Å². The number of carboxylic acid groups (broad SMARTS) is 1. The van der Waals surface area contributed by atoms with Gasteiger partial charge in [0.1, 0.15) is 41.5 Å². The van der Waals surface area contributed by atoms with Crippen molar-refractivity contribution in [2.24, 2.45) is 0 Å². The van der Waals surface area contributed by atoms with E-state index in [0.717, 1.165) is 5.56 Å². The predicted octanol–water partition coefficient (Wildman–Crippen LogP) is 4.12. The molecule has 2 saturated heterocycles. The van der Waals surface area contributed by atoms with Crippen molar-refractivity contribution in [2.75, 3.05) is 6.61 Å². The number of carbonyl (C=O) groups is 1. The standard InChI is InChI=1S/C20H21Cl2N3O5S.C2HF3O2/c1-20(2)29-14-13(12(27)16-9(4-6-26)7-11(21)31-16)28-19(15(14)30-20)25-5-3-10-17(22)23-8-24-18(10)25;3-2(4,5)1(6)7/h3,5,7-8,12-15,19,26-27H,4,6H2,1-2H3;(H,6,7)/t12-,13-,14-,15-,19-;/m1./s1. The van der Waals surface area contributed by atoms with E-state index in [1.807, 2.05) is 30.7 Å². The van der Waals surface area contributed by atoms with Gasteiger partial charge in [-0.1, -0.05) is 23.2 Å². The van der Waals surface area contributed by atoms with E-state index >= 15 is 0 Å². The van der Waals surface area contributed by atoms with Crippen LogP contribution in [0, 0.1) is 0 Å². The van der Waals surface area contributed by atoms with Crippen molar-refractivity contribution in [3.05, 3.63) is 44.6 Å². The number of rotatable bonds is 5. The molecule has 16 heteroatoms. The van der Waals surface area contributed by atoms with Crippen LogP contribution in [0.4, 0.5) is 13.2 Å².